The second-order valence-electron chi connectivity index (χ2n) is 4.47. The van der Waals surface area contributed by atoms with Crippen molar-refractivity contribution in [2.45, 2.75) is 9.92 Å². The zero-order valence-corrected chi connectivity index (χ0v) is 12.5. The molecular formula is C17H13N3OS. The Morgan fingerprint density at radius 3 is 2.27 bits per heavy atom. The normalized spacial score (nSPS) is 10.2. The molecule has 108 valence electrons. The highest BCUT2D eigenvalue weighted by Crippen LogP contribution is 2.30. The highest BCUT2D eigenvalue weighted by atomic mass is 32.2. The van der Waals surface area contributed by atoms with Crippen molar-refractivity contribution < 1.29 is 4.79 Å². The summed E-state index contributed by atoms with van der Waals surface area (Å²) in [6.07, 6.45) is 2.25. The number of anilines is 2. The number of aromatic nitrogens is 2. The summed E-state index contributed by atoms with van der Waals surface area (Å²) in [5.41, 5.74) is 1.33. The highest BCUT2D eigenvalue weighted by Gasteiger charge is 2.12. The van der Waals surface area contributed by atoms with Crippen LogP contribution in [-0.2, 0) is 0 Å². The van der Waals surface area contributed by atoms with Crippen molar-refractivity contribution in [3.8, 4) is 0 Å². The molecular weight excluding hydrogens is 294 g/mol. The summed E-state index contributed by atoms with van der Waals surface area (Å²) in [6, 6.07) is 19.4. The van der Waals surface area contributed by atoms with Gasteiger partial charge in [0.1, 0.15) is 17.2 Å². The van der Waals surface area contributed by atoms with E-state index in [4.69, 9.17) is 0 Å². The SMILES string of the molecule is O=Cc1c(Nc2ccccc2)ncnc1Sc1ccccc1. The quantitative estimate of drug-likeness (QED) is 0.566. The van der Waals surface area contributed by atoms with Crippen LogP contribution in [0.5, 0.6) is 0 Å². The van der Waals surface area contributed by atoms with Crippen molar-refractivity contribution in [2.75, 3.05) is 5.32 Å². The number of carbonyl (C=O) groups excluding carboxylic acids is 1. The first-order valence-electron chi connectivity index (χ1n) is 6.72. The highest BCUT2D eigenvalue weighted by molar-refractivity contribution is 7.99. The number of nitrogens with zero attached hydrogens (tertiary/aromatic N) is 2. The van der Waals surface area contributed by atoms with Crippen molar-refractivity contribution in [1.29, 1.82) is 0 Å². The van der Waals surface area contributed by atoms with Gasteiger partial charge >= 0.3 is 0 Å². The summed E-state index contributed by atoms with van der Waals surface area (Å²) in [5, 5.41) is 3.79. The average Bonchev–Trinajstić information content (AvgIpc) is 2.57. The Morgan fingerprint density at radius 2 is 1.59 bits per heavy atom. The molecule has 0 aliphatic carbocycles. The summed E-state index contributed by atoms with van der Waals surface area (Å²) < 4.78 is 0. The van der Waals surface area contributed by atoms with Crippen LogP contribution in [0.25, 0.3) is 0 Å². The maximum atomic E-state index is 11.5. The molecule has 0 fully saturated rings. The van der Waals surface area contributed by atoms with Gasteiger partial charge in [-0.3, -0.25) is 4.79 Å². The van der Waals surface area contributed by atoms with Gasteiger partial charge in [-0.05, 0) is 24.3 Å². The molecule has 0 aliphatic rings. The summed E-state index contributed by atoms with van der Waals surface area (Å²) in [5.74, 6) is 0.509. The van der Waals surface area contributed by atoms with E-state index in [1.807, 2.05) is 60.7 Å². The molecule has 22 heavy (non-hydrogen) atoms. The van der Waals surface area contributed by atoms with Crippen molar-refractivity contribution in [2.24, 2.45) is 0 Å². The lowest BCUT2D eigenvalue weighted by atomic mass is 10.3. The molecule has 0 aliphatic heterocycles. The number of hydrogen-bond acceptors (Lipinski definition) is 5. The van der Waals surface area contributed by atoms with Crippen LogP contribution < -0.4 is 5.32 Å². The molecule has 2 aromatic carbocycles. The number of benzene rings is 2. The Kier molecular flexibility index (Phi) is 4.46. The molecule has 0 spiro atoms. The van der Waals surface area contributed by atoms with E-state index < -0.39 is 0 Å². The number of nitrogens with one attached hydrogen (secondary N) is 1. The third kappa shape index (κ3) is 3.32. The third-order valence-electron chi connectivity index (χ3n) is 2.96. The van der Waals surface area contributed by atoms with E-state index in [-0.39, 0.29) is 0 Å². The first-order valence-corrected chi connectivity index (χ1v) is 7.53. The van der Waals surface area contributed by atoms with E-state index >= 15 is 0 Å². The summed E-state index contributed by atoms with van der Waals surface area (Å²) in [6.45, 7) is 0. The number of aldehydes is 1. The minimum atomic E-state index is 0.459. The zero-order chi connectivity index (χ0) is 15.2. The smallest absolute Gasteiger partial charge is 0.156 e. The lowest BCUT2D eigenvalue weighted by Crippen LogP contribution is -2.01. The fourth-order valence-corrected chi connectivity index (χ4v) is 2.80. The summed E-state index contributed by atoms with van der Waals surface area (Å²) in [7, 11) is 0. The van der Waals surface area contributed by atoms with Crippen molar-refractivity contribution in [3.05, 3.63) is 72.6 Å². The van der Waals surface area contributed by atoms with Crippen LogP contribution in [0.3, 0.4) is 0 Å². The van der Waals surface area contributed by atoms with Gasteiger partial charge in [-0.15, -0.1) is 0 Å². The van der Waals surface area contributed by atoms with Crippen LogP contribution in [0.2, 0.25) is 0 Å². The average molecular weight is 307 g/mol. The van der Waals surface area contributed by atoms with Crippen molar-refractivity contribution in [1.82, 2.24) is 9.97 Å². The van der Waals surface area contributed by atoms with Crippen LogP contribution in [0, 0.1) is 0 Å². The molecule has 0 saturated carbocycles. The Labute approximate surface area is 132 Å². The first kappa shape index (κ1) is 14.3. The Hall–Kier alpha value is -2.66. The molecule has 0 amide bonds. The van der Waals surface area contributed by atoms with Gasteiger partial charge in [-0.25, -0.2) is 9.97 Å². The van der Waals surface area contributed by atoms with Gasteiger partial charge in [-0.2, -0.15) is 0 Å². The predicted molar refractivity (Wildman–Crippen MR) is 87.7 cm³/mol. The van der Waals surface area contributed by atoms with Gasteiger partial charge in [0.05, 0.1) is 5.56 Å². The molecule has 1 aromatic heterocycles. The first-order chi connectivity index (χ1) is 10.9. The minimum Gasteiger partial charge on any atom is -0.340 e. The van der Waals surface area contributed by atoms with Gasteiger partial charge in [0, 0.05) is 10.6 Å². The van der Waals surface area contributed by atoms with Crippen LogP contribution in [0.4, 0.5) is 11.5 Å². The minimum absolute atomic E-state index is 0.459. The summed E-state index contributed by atoms with van der Waals surface area (Å²) >= 11 is 1.44. The molecule has 0 bridgehead atoms. The molecule has 0 atom stereocenters. The van der Waals surface area contributed by atoms with Gasteiger partial charge < -0.3 is 5.32 Å². The standard InChI is InChI=1S/C17H13N3OS/c21-11-15-16(20-13-7-3-1-4-8-13)18-12-19-17(15)22-14-9-5-2-6-10-14/h1-12H,(H,18,19,20). The fraction of sp³-hybridized carbons (Fsp3) is 0. The largest absolute Gasteiger partial charge is 0.340 e. The van der Waals surface area contributed by atoms with Crippen LogP contribution in [-0.4, -0.2) is 16.3 Å². The lowest BCUT2D eigenvalue weighted by Gasteiger charge is -2.10. The molecule has 5 heteroatoms. The maximum Gasteiger partial charge on any atom is 0.156 e. The Morgan fingerprint density at radius 1 is 0.909 bits per heavy atom. The van der Waals surface area contributed by atoms with E-state index in [2.05, 4.69) is 15.3 Å². The molecule has 3 aromatic rings. The topological polar surface area (TPSA) is 54.9 Å². The molecule has 1 heterocycles. The maximum absolute atomic E-state index is 11.5. The Balaban J connectivity index is 1.92. The molecule has 3 rings (SSSR count). The number of carbonyl (C=O) groups is 1. The van der Waals surface area contributed by atoms with Gasteiger partial charge in [0.15, 0.2) is 6.29 Å². The molecule has 4 nitrogen and oxygen atoms in total. The van der Waals surface area contributed by atoms with Crippen LogP contribution in [0.15, 0.2) is 76.9 Å². The predicted octanol–water partition coefficient (Wildman–Crippen LogP) is 4.18. The van der Waals surface area contributed by atoms with E-state index in [0.717, 1.165) is 16.9 Å². The number of para-hydroxylation sites is 1. The van der Waals surface area contributed by atoms with Crippen LogP contribution >= 0.6 is 11.8 Å². The van der Waals surface area contributed by atoms with E-state index in [0.29, 0.717) is 16.4 Å². The van der Waals surface area contributed by atoms with Crippen molar-refractivity contribution in [3.63, 3.8) is 0 Å². The third-order valence-corrected chi connectivity index (χ3v) is 3.99. The Bertz CT molecular complexity index is 704. The van der Waals surface area contributed by atoms with Gasteiger partial charge in [0.25, 0.3) is 0 Å². The molecule has 1 N–H and O–H groups in total. The second-order valence-corrected chi connectivity index (χ2v) is 5.53. The number of hydrogen-bond donors (Lipinski definition) is 1. The molecule has 0 radical (unpaired) electrons. The lowest BCUT2D eigenvalue weighted by molar-refractivity contribution is 0.112. The van der Waals surface area contributed by atoms with Gasteiger partial charge in [-0.1, -0.05) is 48.2 Å². The number of rotatable bonds is 5. The summed E-state index contributed by atoms with van der Waals surface area (Å²) in [4.78, 5) is 20.9. The van der Waals surface area contributed by atoms with E-state index in [1.165, 1.54) is 18.1 Å². The monoisotopic (exact) mass is 307 g/mol. The van der Waals surface area contributed by atoms with E-state index in [1.54, 1.807) is 0 Å². The molecule has 0 unspecified atom stereocenters. The molecule has 0 saturated heterocycles. The fourth-order valence-electron chi connectivity index (χ4n) is 1.92. The van der Waals surface area contributed by atoms with Crippen LogP contribution in [0.1, 0.15) is 10.4 Å². The van der Waals surface area contributed by atoms with Crippen molar-refractivity contribution >= 4 is 29.6 Å². The van der Waals surface area contributed by atoms with E-state index in [9.17, 15) is 4.79 Å². The van der Waals surface area contributed by atoms with Gasteiger partial charge in [0.2, 0.25) is 0 Å². The second kappa shape index (κ2) is 6.87. The zero-order valence-electron chi connectivity index (χ0n) is 11.6.